The van der Waals surface area contributed by atoms with Crippen LogP contribution >= 0.6 is 0 Å². The van der Waals surface area contributed by atoms with E-state index >= 15 is 0 Å². The van der Waals surface area contributed by atoms with Crippen molar-refractivity contribution in [3.63, 3.8) is 0 Å². The van der Waals surface area contributed by atoms with E-state index in [2.05, 4.69) is 55.3 Å². The first-order valence-corrected chi connectivity index (χ1v) is 6.19. The molecule has 0 unspecified atom stereocenters. The molecule has 1 aliphatic carbocycles. The summed E-state index contributed by atoms with van der Waals surface area (Å²) in [4.78, 5) is 4.44. The molecule has 1 nitrogen and oxygen atoms in total. The highest BCUT2D eigenvalue weighted by atomic mass is 14.7. The van der Waals surface area contributed by atoms with E-state index in [1.54, 1.807) is 0 Å². The van der Waals surface area contributed by atoms with E-state index in [1.807, 2.05) is 6.20 Å². The molecule has 0 saturated carbocycles. The van der Waals surface area contributed by atoms with E-state index in [9.17, 15) is 0 Å². The standard InChI is InChI=1S/C16H19N/c1-13-4-3-5-15(8-6-13)9-11-16-10-7-14(2)12-17-16/h4-8,10,12H,3,9,11H2,1-2H3. The minimum atomic E-state index is 1.02. The third-order valence-electron chi connectivity index (χ3n) is 3.02. The van der Waals surface area contributed by atoms with E-state index < -0.39 is 0 Å². The maximum absolute atomic E-state index is 4.44. The van der Waals surface area contributed by atoms with Gasteiger partial charge in [0.15, 0.2) is 0 Å². The zero-order valence-corrected chi connectivity index (χ0v) is 10.6. The molecule has 2 rings (SSSR count). The van der Waals surface area contributed by atoms with Gasteiger partial charge in [0, 0.05) is 11.9 Å². The summed E-state index contributed by atoms with van der Waals surface area (Å²) in [5, 5.41) is 0. The molecular weight excluding hydrogens is 206 g/mol. The normalized spacial score (nSPS) is 15.2. The quantitative estimate of drug-likeness (QED) is 0.753. The summed E-state index contributed by atoms with van der Waals surface area (Å²) in [5.41, 5.74) is 5.17. The first kappa shape index (κ1) is 11.8. The average Bonchev–Trinajstić information content (AvgIpc) is 2.54. The van der Waals surface area contributed by atoms with Crippen LogP contribution in [0.3, 0.4) is 0 Å². The molecule has 0 amide bonds. The zero-order valence-electron chi connectivity index (χ0n) is 10.6. The predicted octanol–water partition coefficient (Wildman–Crippen LogP) is 4.16. The van der Waals surface area contributed by atoms with Crippen molar-refractivity contribution >= 4 is 0 Å². The Morgan fingerprint density at radius 1 is 1.06 bits per heavy atom. The molecule has 0 fully saturated rings. The number of rotatable bonds is 3. The van der Waals surface area contributed by atoms with Gasteiger partial charge in [-0.15, -0.1) is 0 Å². The van der Waals surface area contributed by atoms with Crippen molar-refractivity contribution in [2.24, 2.45) is 0 Å². The molecule has 0 atom stereocenters. The van der Waals surface area contributed by atoms with Crippen molar-refractivity contribution in [1.82, 2.24) is 4.98 Å². The van der Waals surface area contributed by atoms with Crippen LogP contribution in [0.4, 0.5) is 0 Å². The molecule has 88 valence electrons. The summed E-state index contributed by atoms with van der Waals surface area (Å²) in [5.74, 6) is 0. The molecule has 0 saturated heterocycles. The van der Waals surface area contributed by atoms with E-state index in [1.165, 1.54) is 22.4 Å². The van der Waals surface area contributed by atoms with Crippen molar-refractivity contribution in [3.05, 3.63) is 65.0 Å². The monoisotopic (exact) mass is 225 g/mol. The molecule has 0 aromatic carbocycles. The second kappa shape index (κ2) is 5.62. The van der Waals surface area contributed by atoms with Crippen LogP contribution in [0.25, 0.3) is 0 Å². The Hall–Kier alpha value is -1.63. The van der Waals surface area contributed by atoms with Gasteiger partial charge in [-0.1, -0.05) is 41.5 Å². The molecule has 0 N–H and O–H groups in total. The second-order valence-corrected chi connectivity index (χ2v) is 4.62. The number of hydrogen-bond donors (Lipinski definition) is 0. The van der Waals surface area contributed by atoms with Crippen LogP contribution in [0.1, 0.15) is 31.0 Å². The lowest BCUT2D eigenvalue weighted by atomic mass is 10.1. The largest absolute Gasteiger partial charge is 0.261 e. The topological polar surface area (TPSA) is 12.9 Å². The second-order valence-electron chi connectivity index (χ2n) is 4.62. The molecule has 1 aromatic rings. The average molecular weight is 225 g/mol. The Labute approximate surface area is 104 Å². The lowest BCUT2D eigenvalue weighted by Gasteiger charge is -2.02. The molecule has 0 aliphatic heterocycles. The summed E-state index contributed by atoms with van der Waals surface area (Å²) >= 11 is 0. The number of hydrogen-bond acceptors (Lipinski definition) is 1. The third kappa shape index (κ3) is 3.70. The van der Waals surface area contributed by atoms with Crippen LogP contribution in [0, 0.1) is 6.92 Å². The van der Waals surface area contributed by atoms with Gasteiger partial charge in [-0.25, -0.2) is 0 Å². The van der Waals surface area contributed by atoms with Gasteiger partial charge in [0.1, 0.15) is 0 Å². The first-order valence-electron chi connectivity index (χ1n) is 6.19. The van der Waals surface area contributed by atoms with Crippen LogP contribution in [0.5, 0.6) is 0 Å². The Morgan fingerprint density at radius 3 is 2.71 bits per heavy atom. The summed E-state index contributed by atoms with van der Waals surface area (Å²) in [6, 6.07) is 4.26. The molecule has 1 heterocycles. The highest BCUT2D eigenvalue weighted by molar-refractivity contribution is 5.31. The Morgan fingerprint density at radius 2 is 1.94 bits per heavy atom. The molecule has 1 aliphatic rings. The maximum Gasteiger partial charge on any atom is 0.0407 e. The highest BCUT2D eigenvalue weighted by Gasteiger charge is 1.99. The lowest BCUT2D eigenvalue weighted by Crippen LogP contribution is -1.91. The molecular formula is C16H19N. The van der Waals surface area contributed by atoms with Gasteiger partial charge >= 0.3 is 0 Å². The number of aromatic nitrogens is 1. The third-order valence-corrected chi connectivity index (χ3v) is 3.02. The number of nitrogens with zero attached hydrogens (tertiary/aromatic N) is 1. The fourth-order valence-corrected chi connectivity index (χ4v) is 1.87. The highest BCUT2D eigenvalue weighted by Crippen LogP contribution is 2.15. The van der Waals surface area contributed by atoms with E-state index in [0.29, 0.717) is 0 Å². The fraction of sp³-hybridized carbons (Fsp3) is 0.312. The molecule has 0 bridgehead atoms. The lowest BCUT2D eigenvalue weighted by molar-refractivity contribution is 0.911. The summed E-state index contributed by atoms with van der Waals surface area (Å²) in [6.07, 6.45) is 14.1. The van der Waals surface area contributed by atoms with E-state index in [4.69, 9.17) is 0 Å². The van der Waals surface area contributed by atoms with Crippen molar-refractivity contribution in [1.29, 1.82) is 0 Å². The fourth-order valence-electron chi connectivity index (χ4n) is 1.87. The Balaban J connectivity index is 1.93. The molecule has 17 heavy (non-hydrogen) atoms. The molecule has 0 radical (unpaired) electrons. The van der Waals surface area contributed by atoms with E-state index in [-0.39, 0.29) is 0 Å². The van der Waals surface area contributed by atoms with Gasteiger partial charge < -0.3 is 0 Å². The molecule has 1 heteroatoms. The SMILES string of the molecule is CC1=CCC=C(CCc2ccc(C)cn2)C=C1. The van der Waals surface area contributed by atoms with Crippen LogP contribution in [0.15, 0.2) is 53.8 Å². The van der Waals surface area contributed by atoms with Crippen molar-refractivity contribution in [2.45, 2.75) is 33.1 Å². The summed E-state index contributed by atoms with van der Waals surface area (Å²) < 4.78 is 0. The van der Waals surface area contributed by atoms with Gasteiger partial charge in [0.05, 0.1) is 0 Å². The number of allylic oxidation sites excluding steroid dienone is 6. The Kier molecular flexibility index (Phi) is 3.92. The van der Waals surface area contributed by atoms with Gasteiger partial charge in [0.25, 0.3) is 0 Å². The van der Waals surface area contributed by atoms with Gasteiger partial charge in [-0.05, 0) is 44.7 Å². The van der Waals surface area contributed by atoms with E-state index in [0.717, 1.165) is 19.3 Å². The minimum absolute atomic E-state index is 1.02. The van der Waals surface area contributed by atoms with Crippen LogP contribution in [-0.2, 0) is 6.42 Å². The predicted molar refractivity (Wildman–Crippen MR) is 72.9 cm³/mol. The summed E-state index contributed by atoms with van der Waals surface area (Å²) in [6.45, 7) is 4.22. The van der Waals surface area contributed by atoms with Gasteiger partial charge in [0.2, 0.25) is 0 Å². The van der Waals surface area contributed by atoms with Gasteiger partial charge in [-0.2, -0.15) is 0 Å². The van der Waals surface area contributed by atoms with Crippen LogP contribution < -0.4 is 0 Å². The van der Waals surface area contributed by atoms with Crippen molar-refractivity contribution in [3.8, 4) is 0 Å². The smallest absolute Gasteiger partial charge is 0.0407 e. The first-order chi connectivity index (χ1) is 8.24. The summed E-state index contributed by atoms with van der Waals surface area (Å²) in [7, 11) is 0. The Bertz CT molecular complexity index is 461. The molecule has 1 aromatic heterocycles. The van der Waals surface area contributed by atoms with Crippen molar-refractivity contribution < 1.29 is 0 Å². The van der Waals surface area contributed by atoms with Crippen LogP contribution in [0.2, 0.25) is 0 Å². The molecule has 0 spiro atoms. The zero-order chi connectivity index (χ0) is 12.1. The number of pyridine rings is 1. The maximum atomic E-state index is 4.44. The minimum Gasteiger partial charge on any atom is -0.261 e. The van der Waals surface area contributed by atoms with Crippen LogP contribution in [-0.4, -0.2) is 4.98 Å². The number of aryl methyl sites for hydroxylation is 2. The van der Waals surface area contributed by atoms with Gasteiger partial charge in [-0.3, -0.25) is 4.98 Å². The van der Waals surface area contributed by atoms with Crippen molar-refractivity contribution in [2.75, 3.05) is 0 Å².